The van der Waals surface area contributed by atoms with Crippen LogP contribution in [0, 0.1) is 23.1 Å². The molecule has 1 fully saturated rings. The number of nitrogens with zero attached hydrogens (tertiary/aromatic N) is 3. The van der Waals surface area contributed by atoms with Crippen LogP contribution in [0.3, 0.4) is 0 Å². The Morgan fingerprint density at radius 3 is 2.64 bits per heavy atom. The molecule has 4 rings (SSSR count). The van der Waals surface area contributed by atoms with Crippen LogP contribution in [0.1, 0.15) is 36.3 Å². The van der Waals surface area contributed by atoms with Crippen LogP contribution >= 0.6 is 11.6 Å². The van der Waals surface area contributed by atoms with Crippen molar-refractivity contribution in [1.29, 1.82) is 5.26 Å². The molecule has 0 saturated carbocycles. The van der Waals surface area contributed by atoms with Gasteiger partial charge in [-0.3, -0.25) is 14.6 Å². The molecule has 2 aliphatic heterocycles. The van der Waals surface area contributed by atoms with Gasteiger partial charge in [0, 0.05) is 29.6 Å². The summed E-state index contributed by atoms with van der Waals surface area (Å²) in [5, 5.41) is 12.1. The van der Waals surface area contributed by atoms with E-state index >= 15 is 0 Å². The summed E-state index contributed by atoms with van der Waals surface area (Å²) in [6.07, 6.45) is 3.08. The summed E-state index contributed by atoms with van der Waals surface area (Å²) in [5.74, 6) is -3.36. The molecule has 144 valence electrons. The third kappa shape index (κ3) is 3.02. The van der Waals surface area contributed by atoms with Gasteiger partial charge in [0.2, 0.25) is 11.9 Å². The Morgan fingerprint density at radius 2 is 1.96 bits per heavy atom. The van der Waals surface area contributed by atoms with Gasteiger partial charge in [-0.1, -0.05) is 17.7 Å². The first-order valence-electron chi connectivity index (χ1n) is 9.05. The number of carbonyl (C=O) groups excluding carboxylic acids is 1. The monoisotopic (exact) mass is 401 g/mol. The largest absolute Gasteiger partial charge is 0.342 e. The molecule has 0 aliphatic carbocycles. The van der Waals surface area contributed by atoms with Crippen molar-refractivity contribution in [1.82, 2.24) is 9.97 Å². The minimum Gasteiger partial charge on any atom is -0.342 e. The van der Waals surface area contributed by atoms with E-state index in [1.54, 1.807) is 0 Å². The summed E-state index contributed by atoms with van der Waals surface area (Å²) < 4.78 is 14.6. The van der Waals surface area contributed by atoms with E-state index in [0.29, 0.717) is 5.95 Å². The molecule has 1 aromatic heterocycles. The highest BCUT2D eigenvalue weighted by Gasteiger charge is 2.42. The Morgan fingerprint density at radius 1 is 1.21 bits per heavy atom. The number of benzene rings is 1. The van der Waals surface area contributed by atoms with Gasteiger partial charge in [-0.15, -0.1) is 0 Å². The average Bonchev–Trinajstić information content (AvgIpc) is 2.68. The van der Waals surface area contributed by atoms with Gasteiger partial charge in [0.15, 0.2) is 0 Å². The quantitative estimate of drug-likeness (QED) is 0.805. The van der Waals surface area contributed by atoms with Crippen molar-refractivity contribution in [2.75, 3.05) is 23.3 Å². The van der Waals surface area contributed by atoms with Crippen LogP contribution in [-0.4, -0.2) is 29.0 Å². The number of piperidine rings is 1. The first-order valence-corrected chi connectivity index (χ1v) is 9.42. The maximum atomic E-state index is 14.6. The van der Waals surface area contributed by atoms with E-state index in [1.807, 2.05) is 11.0 Å². The Bertz CT molecular complexity index is 1020. The lowest BCUT2D eigenvalue weighted by atomic mass is 9.79. The molecular formula is C19H17ClFN5O2. The first kappa shape index (κ1) is 18.4. The summed E-state index contributed by atoms with van der Waals surface area (Å²) in [6, 6.07) is 5.95. The predicted octanol–water partition coefficient (Wildman–Crippen LogP) is 2.78. The van der Waals surface area contributed by atoms with Gasteiger partial charge in [0.25, 0.3) is 5.56 Å². The molecule has 1 saturated heterocycles. The van der Waals surface area contributed by atoms with Gasteiger partial charge < -0.3 is 10.2 Å². The van der Waals surface area contributed by atoms with Crippen LogP contribution in [0.4, 0.5) is 16.2 Å². The van der Waals surface area contributed by atoms with Crippen molar-refractivity contribution in [3.63, 3.8) is 0 Å². The van der Waals surface area contributed by atoms with Crippen LogP contribution in [0.25, 0.3) is 0 Å². The number of H-pyrrole nitrogens is 1. The van der Waals surface area contributed by atoms with Crippen molar-refractivity contribution < 1.29 is 9.18 Å². The summed E-state index contributed by atoms with van der Waals surface area (Å²) in [5.41, 5.74) is -0.529. The van der Waals surface area contributed by atoms with E-state index in [4.69, 9.17) is 11.6 Å². The highest BCUT2D eigenvalue weighted by molar-refractivity contribution is 6.31. The maximum absolute atomic E-state index is 14.6. The third-order valence-corrected chi connectivity index (χ3v) is 5.55. The molecule has 2 aromatic rings. The molecular weight excluding hydrogens is 385 g/mol. The van der Waals surface area contributed by atoms with E-state index in [2.05, 4.69) is 15.3 Å². The standard InChI is InChI=1S/C19H17ClFN5O2/c20-11-5-4-6-12(21)14(11)13-10(9-22)17(27)23-16-15(13)18(28)25-19(24-16)26-7-2-1-3-8-26/h4-6,10,13H,1-3,7-8H2,(H2,23,24,25,27,28). The van der Waals surface area contributed by atoms with Gasteiger partial charge in [-0.2, -0.15) is 10.2 Å². The summed E-state index contributed by atoms with van der Waals surface area (Å²) in [7, 11) is 0. The fourth-order valence-electron chi connectivity index (χ4n) is 3.87. The van der Waals surface area contributed by atoms with E-state index < -0.39 is 29.1 Å². The molecule has 28 heavy (non-hydrogen) atoms. The smallest absolute Gasteiger partial charge is 0.258 e. The van der Waals surface area contributed by atoms with Gasteiger partial charge in [-0.25, -0.2) is 4.39 Å². The molecule has 1 aromatic carbocycles. The molecule has 7 nitrogen and oxygen atoms in total. The third-order valence-electron chi connectivity index (χ3n) is 5.22. The summed E-state index contributed by atoms with van der Waals surface area (Å²) in [6.45, 7) is 1.50. The number of hydrogen-bond acceptors (Lipinski definition) is 5. The molecule has 9 heteroatoms. The van der Waals surface area contributed by atoms with E-state index in [1.165, 1.54) is 18.2 Å². The fraction of sp³-hybridized carbons (Fsp3) is 0.368. The van der Waals surface area contributed by atoms with E-state index in [0.717, 1.165) is 32.4 Å². The lowest BCUT2D eigenvalue weighted by molar-refractivity contribution is -0.119. The molecule has 0 bridgehead atoms. The van der Waals surface area contributed by atoms with Crippen LogP contribution in [0.15, 0.2) is 23.0 Å². The molecule has 0 spiro atoms. The predicted molar refractivity (Wildman–Crippen MR) is 102 cm³/mol. The topological polar surface area (TPSA) is 102 Å². The number of rotatable bonds is 2. The van der Waals surface area contributed by atoms with Crippen LogP contribution in [0.2, 0.25) is 5.02 Å². The molecule has 1 amide bonds. The van der Waals surface area contributed by atoms with Crippen LogP contribution < -0.4 is 15.8 Å². The number of halogens is 2. The van der Waals surface area contributed by atoms with Gasteiger partial charge >= 0.3 is 0 Å². The van der Waals surface area contributed by atoms with E-state index in [-0.39, 0.29) is 22.0 Å². The molecule has 2 N–H and O–H groups in total. The Labute approximate surface area is 165 Å². The molecule has 3 heterocycles. The summed E-state index contributed by atoms with van der Waals surface area (Å²) in [4.78, 5) is 34.6. The number of hydrogen-bond donors (Lipinski definition) is 2. The minimum absolute atomic E-state index is 0.0407. The number of anilines is 2. The lowest BCUT2D eigenvalue weighted by Gasteiger charge is -2.31. The summed E-state index contributed by atoms with van der Waals surface area (Å²) >= 11 is 6.18. The van der Waals surface area contributed by atoms with Gasteiger partial charge in [0.1, 0.15) is 17.6 Å². The van der Waals surface area contributed by atoms with Crippen molar-refractivity contribution in [3.05, 3.63) is 50.5 Å². The zero-order chi connectivity index (χ0) is 19.8. The lowest BCUT2D eigenvalue weighted by Crippen LogP contribution is -2.40. The SMILES string of the molecule is N#CC1C(=O)Nc2nc(N3CCCCC3)[nH]c(=O)c2C1c1c(F)cccc1Cl. The highest BCUT2D eigenvalue weighted by atomic mass is 35.5. The molecule has 2 atom stereocenters. The average molecular weight is 402 g/mol. The van der Waals surface area contributed by atoms with Crippen molar-refractivity contribution in [2.24, 2.45) is 5.92 Å². The van der Waals surface area contributed by atoms with Crippen LogP contribution in [0.5, 0.6) is 0 Å². The first-order chi connectivity index (χ1) is 13.5. The molecule has 2 unspecified atom stereocenters. The molecule has 0 radical (unpaired) electrons. The second-order valence-electron chi connectivity index (χ2n) is 6.91. The number of aromatic amines is 1. The highest BCUT2D eigenvalue weighted by Crippen LogP contribution is 2.42. The fourth-order valence-corrected chi connectivity index (χ4v) is 4.15. The van der Waals surface area contributed by atoms with Crippen molar-refractivity contribution >= 4 is 29.3 Å². The van der Waals surface area contributed by atoms with Crippen molar-refractivity contribution in [3.8, 4) is 6.07 Å². The van der Waals surface area contributed by atoms with Crippen LogP contribution in [-0.2, 0) is 4.79 Å². The number of carbonyl (C=O) groups is 1. The zero-order valence-corrected chi connectivity index (χ0v) is 15.6. The second-order valence-corrected chi connectivity index (χ2v) is 7.32. The number of fused-ring (bicyclic) bond motifs is 1. The minimum atomic E-state index is -1.30. The maximum Gasteiger partial charge on any atom is 0.258 e. The number of amides is 1. The van der Waals surface area contributed by atoms with Crippen molar-refractivity contribution in [2.45, 2.75) is 25.2 Å². The van der Waals surface area contributed by atoms with E-state index in [9.17, 15) is 19.2 Å². The van der Waals surface area contributed by atoms with Gasteiger partial charge in [0.05, 0.1) is 11.6 Å². The second kappa shape index (κ2) is 7.24. The Hall–Kier alpha value is -2.92. The Kier molecular flexibility index (Phi) is 4.77. The normalized spacial score (nSPS) is 21.6. The number of nitriles is 1. The molecule has 2 aliphatic rings. The number of aromatic nitrogens is 2. The number of nitrogens with one attached hydrogen (secondary N) is 2. The zero-order valence-electron chi connectivity index (χ0n) is 14.8. The Balaban J connectivity index is 1.90. The van der Waals surface area contributed by atoms with Gasteiger partial charge in [-0.05, 0) is 31.4 Å².